The maximum atomic E-state index is 10.7. The van der Waals surface area contributed by atoms with Crippen LogP contribution < -0.4 is 4.74 Å². The molecule has 6 nitrogen and oxygen atoms in total. The minimum absolute atomic E-state index is 0.347. The van der Waals surface area contributed by atoms with Crippen molar-refractivity contribution in [3.63, 3.8) is 0 Å². The fourth-order valence-corrected chi connectivity index (χ4v) is 4.13. The van der Waals surface area contributed by atoms with E-state index in [1.165, 1.54) is 5.56 Å². The Morgan fingerprint density at radius 1 is 1.03 bits per heavy atom. The van der Waals surface area contributed by atoms with Crippen LogP contribution in [0.3, 0.4) is 0 Å². The predicted octanol–water partition coefficient (Wildman–Crippen LogP) is 5.82. The van der Waals surface area contributed by atoms with Crippen LogP contribution in [0.25, 0.3) is 11.3 Å². The van der Waals surface area contributed by atoms with E-state index in [9.17, 15) is 5.11 Å². The Labute approximate surface area is 210 Å². The van der Waals surface area contributed by atoms with Crippen molar-refractivity contribution in [3.05, 3.63) is 65.7 Å². The molecule has 190 valence electrons. The summed E-state index contributed by atoms with van der Waals surface area (Å²) in [5.74, 6) is 1.94. The number of aromatic nitrogens is 2. The zero-order valence-electron chi connectivity index (χ0n) is 21.9. The summed E-state index contributed by atoms with van der Waals surface area (Å²) in [4.78, 5) is 2.28. The highest BCUT2D eigenvalue weighted by molar-refractivity contribution is 5.65. The highest BCUT2D eigenvalue weighted by atomic mass is 16.5. The van der Waals surface area contributed by atoms with E-state index in [2.05, 4.69) is 44.7 Å². The van der Waals surface area contributed by atoms with E-state index in [1.807, 2.05) is 54.2 Å². The minimum Gasteiger partial charge on any atom is -0.439 e. The summed E-state index contributed by atoms with van der Waals surface area (Å²) in [5.41, 5.74) is 4.15. The van der Waals surface area contributed by atoms with Gasteiger partial charge in [-0.1, -0.05) is 75.2 Å². The highest BCUT2D eigenvalue weighted by Gasteiger charge is 2.24. The van der Waals surface area contributed by atoms with Crippen LogP contribution >= 0.6 is 0 Å². The molecule has 1 atom stereocenters. The van der Waals surface area contributed by atoms with Crippen LogP contribution in [0.2, 0.25) is 0 Å². The van der Waals surface area contributed by atoms with E-state index in [0.29, 0.717) is 32.2 Å². The van der Waals surface area contributed by atoms with Crippen LogP contribution in [0.5, 0.6) is 11.6 Å². The fraction of sp³-hybridized carbons (Fsp3) is 0.483. The average molecular weight is 480 g/mol. The smallest absolute Gasteiger partial charge is 0.222 e. The van der Waals surface area contributed by atoms with Gasteiger partial charge in [-0.05, 0) is 31.4 Å². The minimum atomic E-state index is -0.552. The lowest BCUT2D eigenvalue weighted by Crippen LogP contribution is -2.37. The molecule has 0 amide bonds. The van der Waals surface area contributed by atoms with Gasteiger partial charge in [0.1, 0.15) is 11.4 Å². The first kappa shape index (κ1) is 26.9. The summed E-state index contributed by atoms with van der Waals surface area (Å²) in [6.45, 7) is 11.6. The summed E-state index contributed by atoms with van der Waals surface area (Å²) in [7, 11) is 1.92. The van der Waals surface area contributed by atoms with Crippen LogP contribution in [-0.2, 0) is 18.3 Å². The number of aliphatic hydroxyl groups is 1. The van der Waals surface area contributed by atoms with Gasteiger partial charge in [-0.3, -0.25) is 4.90 Å². The zero-order valence-corrected chi connectivity index (χ0v) is 21.9. The molecule has 1 aromatic heterocycles. The Bertz CT molecular complexity index is 1020. The number of hydrogen-bond donors (Lipinski definition) is 1. The summed E-state index contributed by atoms with van der Waals surface area (Å²) in [5, 5.41) is 15.6. The van der Waals surface area contributed by atoms with Crippen LogP contribution in [0.4, 0.5) is 0 Å². The van der Waals surface area contributed by atoms with Gasteiger partial charge in [-0.25, -0.2) is 4.68 Å². The SMILES string of the molecule is CCCCOC[C@@H](O)CN(Cc1c(-c2ccccc2)nn(C)c1Oc1ccc(C)cc1)CC(C)C. The maximum absolute atomic E-state index is 10.7. The number of aryl methyl sites for hydroxylation is 2. The van der Waals surface area contributed by atoms with Crippen molar-refractivity contribution in [3.8, 4) is 22.9 Å². The zero-order chi connectivity index (χ0) is 25.2. The normalized spacial score (nSPS) is 12.5. The number of aliphatic hydroxyl groups excluding tert-OH is 1. The second kappa shape index (κ2) is 13.4. The van der Waals surface area contributed by atoms with Crippen molar-refractivity contribution < 1.29 is 14.6 Å². The first-order chi connectivity index (χ1) is 16.9. The van der Waals surface area contributed by atoms with E-state index in [1.54, 1.807) is 0 Å². The summed E-state index contributed by atoms with van der Waals surface area (Å²) in [6.07, 6.45) is 1.55. The number of unbranched alkanes of at least 4 members (excludes halogenated alkanes) is 1. The molecule has 6 heteroatoms. The van der Waals surface area contributed by atoms with Gasteiger partial charge in [-0.2, -0.15) is 5.10 Å². The molecule has 2 aromatic carbocycles. The maximum Gasteiger partial charge on any atom is 0.222 e. The summed E-state index contributed by atoms with van der Waals surface area (Å²) < 4.78 is 13.9. The van der Waals surface area contributed by atoms with Gasteiger partial charge in [-0.15, -0.1) is 0 Å². The number of nitrogens with zero attached hydrogens (tertiary/aromatic N) is 3. The molecule has 0 saturated carbocycles. The van der Waals surface area contributed by atoms with Crippen LogP contribution in [0, 0.1) is 12.8 Å². The molecule has 0 spiro atoms. The summed E-state index contributed by atoms with van der Waals surface area (Å²) in [6, 6.07) is 18.3. The van der Waals surface area contributed by atoms with Gasteiger partial charge in [0.25, 0.3) is 0 Å². The lowest BCUT2D eigenvalue weighted by atomic mass is 10.1. The molecular weight excluding hydrogens is 438 g/mol. The van der Waals surface area contributed by atoms with E-state index in [0.717, 1.165) is 47.8 Å². The Balaban J connectivity index is 1.89. The van der Waals surface area contributed by atoms with Crippen molar-refractivity contribution >= 4 is 0 Å². The van der Waals surface area contributed by atoms with Crippen molar-refractivity contribution in [2.75, 3.05) is 26.3 Å². The Hall–Kier alpha value is -2.67. The molecule has 0 aliphatic heterocycles. The van der Waals surface area contributed by atoms with E-state index < -0.39 is 6.10 Å². The van der Waals surface area contributed by atoms with Gasteiger partial charge in [0.05, 0.1) is 18.3 Å². The van der Waals surface area contributed by atoms with Gasteiger partial charge >= 0.3 is 0 Å². The molecule has 0 unspecified atom stereocenters. The molecule has 0 aliphatic carbocycles. The number of benzene rings is 2. The second-order valence-electron chi connectivity index (χ2n) is 9.71. The van der Waals surface area contributed by atoms with Gasteiger partial charge < -0.3 is 14.6 Å². The van der Waals surface area contributed by atoms with Crippen molar-refractivity contribution in [2.24, 2.45) is 13.0 Å². The van der Waals surface area contributed by atoms with Gasteiger partial charge in [0, 0.05) is 38.9 Å². The third-order valence-corrected chi connectivity index (χ3v) is 5.80. The lowest BCUT2D eigenvalue weighted by Gasteiger charge is -2.27. The van der Waals surface area contributed by atoms with Gasteiger partial charge in [0.15, 0.2) is 0 Å². The first-order valence-electron chi connectivity index (χ1n) is 12.7. The number of ether oxygens (including phenoxy) is 2. The number of hydrogen-bond acceptors (Lipinski definition) is 5. The topological polar surface area (TPSA) is 59.8 Å². The van der Waals surface area contributed by atoms with E-state index >= 15 is 0 Å². The largest absolute Gasteiger partial charge is 0.439 e. The second-order valence-corrected chi connectivity index (χ2v) is 9.71. The Kier molecular flexibility index (Phi) is 10.3. The lowest BCUT2D eigenvalue weighted by molar-refractivity contribution is 0.0124. The third kappa shape index (κ3) is 8.20. The van der Waals surface area contributed by atoms with Gasteiger partial charge in [0.2, 0.25) is 5.88 Å². The average Bonchev–Trinajstić information content (AvgIpc) is 3.13. The van der Waals surface area contributed by atoms with Crippen molar-refractivity contribution in [1.82, 2.24) is 14.7 Å². The highest BCUT2D eigenvalue weighted by Crippen LogP contribution is 2.34. The molecule has 1 N–H and O–H groups in total. The molecule has 0 radical (unpaired) electrons. The number of rotatable bonds is 14. The molecular formula is C29H41N3O3. The monoisotopic (exact) mass is 479 g/mol. The van der Waals surface area contributed by atoms with Crippen LogP contribution in [-0.4, -0.2) is 52.2 Å². The molecule has 1 heterocycles. The molecule has 3 aromatic rings. The standard InChI is InChI=1S/C29H41N3O3/c1-6-7-17-34-21-25(33)19-32(18-22(2)3)20-27-28(24-11-9-8-10-12-24)30-31(5)29(27)35-26-15-13-23(4)14-16-26/h8-16,22,25,33H,6-7,17-21H2,1-5H3/t25-/m0/s1. The quantitative estimate of drug-likeness (QED) is 0.295. The first-order valence-corrected chi connectivity index (χ1v) is 12.7. The molecule has 0 fully saturated rings. The Morgan fingerprint density at radius 2 is 1.74 bits per heavy atom. The van der Waals surface area contributed by atoms with Crippen LogP contribution in [0.15, 0.2) is 54.6 Å². The molecule has 3 rings (SSSR count). The summed E-state index contributed by atoms with van der Waals surface area (Å²) >= 11 is 0. The van der Waals surface area contributed by atoms with Crippen molar-refractivity contribution in [2.45, 2.75) is 53.2 Å². The fourth-order valence-electron chi connectivity index (χ4n) is 4.13. The third-order valence-electron chi connectivity index (χ3n) is 5.80. The molecule has 0 saturated heterocycles. The molecule has 0 bridgehead atoms. The van der Waals surface area contributed by atoms with Crippen LogP contribution in [0.1, 0.15) is 44.7 Å². The van der Waals surface area contributed by atoms with E-state index in [4.69, 9.17) is 14.6 Å². The van der Waals surface area contributed by atoms with E-state index in [-0.39, 0.29) is 0 Å². The Morgan fingerprint density at radius 3 is 2.40 bits per heavy atom. The predicted molar refractivity (Wildman–Crippen MR) is 142 cm³/mol. The molecule has 35 heavy (non-hydrogen) atoms. The van der Waals surface area contributed by atoms with Crippen molar-refractivity contribution in [1.29, 1.82) is 0 Å². The molecule has 0 aliphatic rings.